The molecule has 1 fully saturated rings. The average Bonchev–Trinajstić information content (AvgIpc) is 3.29. The van der Waals surface area contributed by atoms with Gasteiger partial charge in [0, 0.05) is 37.7 Å². The van der Waals surface area contributed by atoms with Gasteiger partial charge in [0.05, 0.1) is 0 Å². The van der Waals surface area contributed by atoms with Gasteiger partial charge in [-0.2, -0.15) is 0 Å². The molecule has 6 nitrogen and oxygen atoms in total. The molecule has 0 aliphatic carbocycles. The molecule has 0 bridgehead atoms. The minimum Gasteiger partial charge on any atom is -0.403 e. The maximum atomic E-state index is 13.1. The summed E-state index contributed by atoms with van der Waals surface area (Å²) in [7, 11) is 0. The molecular weight excluding hydrogens is 364 g/mol. The Balaban J connectivity index is 1.20. The Kier molecular flexibility index (Phi) is 4.76. The number of benzene rings is 2. The first kappa shape index (κ1) is 17.9. The van der Waals surface area contributed by atoms with Crippen LogP contribution in [0.4, 0.5) is 6.01 Å². The van der Waals surface area contributed by atoms with Gasteiger partial charge in [-0.3, -0.25) is 4.79 Å². The van der Waals surface area contributed by atoms with Crippen LogP contribution in [0.5, 0.6) is 0 Å². The summed E-state index contributed by atoms with van der Waals surface area (Å²) in [4.78, 5) is 17.2. The smallest absolute Gasteiger partial charge is 0.318 e. The van der Waals surface area contributed by atoms with E-state index in [4.69, 9.17) is 4.42 Å². The SMILES string of the molecule is O=C(C1CCN(c2nnc(-c3ccccc3)o2)CC1)N1CCc2ccccc2C1. The van der Waals surface area contributed by atoms with Crippen LogP contribution in [-0.2, 0) is 17.8 Å². The van der Waals surface area contributed by atoms with Crippen molar-refractivity contribution in [2.45, 2.75) is 25.8 Å². The Labute approximate surface area is 170 Å². The van der Waals surface area contributed by atoms with Crippen LogP contribution in [0.15, 0.2) is 59.0 Å². The first-order chi connectivity index (χ1) is 14.3. The fraction of sp³-hybridized carbons (Fsp3) is 0.348. The summed E-state index contributed by atoms with van der Waals surface area (Å²) in [5.74, 6) is 0.897. The minimum atomic E-state index is 0.0769. The monoisotopic (exact) mass is 388 g/mol. The second-order valence-electron chi connectivity index (χ2n) is 7.80. The number of carbonyl (C=O) groups is 1. The topological polar surface area (TPSA) is 62.5 Å². The number of fused-ring (bicyclic) bond motifs is 1. The Morgan fingerprint density at radius 3 is 2.41 bits per heavy atom. The molecule has 6 heteroatoms. The third-order valence-corrected chi connectivity index (χ3v) is 5.99. The van der Waals surface area contributed by atoms with Crippen molar-refractivity contribution in [2.24, 2.45) is 5.92 Å². The number of hydrogen-bond donors (Lipinski definition) is 0. The molecule has 2 aliphatic rings. The summed E-state index contributed by atoms with van der Waals surface area (Å²) < 4.78 is 5.87. The lowest BCUT2D eigenvalue weighted by molar-refractivity contribution is -0.137. The molecule has 0 N–H and O–H groups in total. The van der Waals surface area contributed by atoms with Crippen LogP contribution in [0.1, 0.15) is 24.0 Å². The standard InChI is InChI=1S/C23H24N4O2/c28-22(27-15-10-17-6-4-5-9-20(17)16-27)19-11-13-26(14-12-19)23-25-24-21(29-23)18-7-2-1-3-8-18/h1-9,19H,10-16H2. The fourth-order valence-corrected chi connectivity index (χ4v) is 4.30. The van der Waals surface area contributed by atoms with Gasteiger partial charge in [-0.25, -0.2) is 0 Å². The van der Waals surface area contributed by atoms with E-state index in [-0.39, 0.29) is 11.8 Å². The van der Waals surface area contributed by atoms with E-state index in [9.17, 15) is 4.79 Å². The molecule has 5 rings (SSSR count). The van der Waals surface area contributed by atoms with Gasteiger partial charge in [0.15, 0.2) is 0 Å². The average molecular weight is 388 g/mol. The van der Waals surface area contributed by atoms with Gasteiger partial charge in [0.25, 0.3) is 0 Å². The zero-order chi connectivity index (χ0) is 19.6. The summed E-state index contributed by atoms with van der Waals surface area (Å²) in [5.41, 5.74) is 3.57. The molecule has 1 aromatic heterocycles. The molecule has 0 saturated carbocycles. The third kappa shape index (κ3) is 3.62. The molecule has 3 heterocycles. The molecule has 1 saturated heterocycles. The van der Waals surface area contributed by atoms with Gasteiger partial charge in [-0.15, -0.1) is 5.10 Å². The van der Waals surface area contributed by atoms with Crippen LogP contribution in [0.25, 0.3) is 11.5 Å². The van der Waals surface area contributed by atoms with E-state index in [0.29, 0.717) is 11.9 Å². The van der Waals surface area contributed by atoms with E-state index in [1.54, 1.807) is 0 Å². The Hall–Kier alpha value is -3.15. The van der Waals surface area contributed by atoms with Crippen molar-refractivity contribution >= 4 is 11.9 Å². The molecule has 2 aromatic carbocycles. The number of hydrogen-bond acceptors (Lipinski definition) is 5. The number of rotatable bonds is 3. The second-order valence-corrected chi connectivity index (χ2v) is 7.80. The van der Waals surface area contributed by atoms with Crippen molar-refractivity contribution in [1.29, 1.82) is 0 Å². The van der Waals surface area contributed by atoms with Gasteiger partial charge >= 0.3 is 6.01 Å². The number of amides is 1. The lowest BCUT2D eigenvalue weighted by Gasteiger charge is -2.35. The van der Waals surface area contributed by atoms with Crippen molar-refractivity contribution in [3.63, 3.8) is 0 Å². The quantitative estimate of drug-likeness (QED) is 0.687. The molecule has 3 aromatic rings. The van der Waals surface area contributed by atoms with Crippen molar-refractivity contribution < 1.29 is 9.21 Å². The van der Waals surface area contributed by atoms with Crippen molar-refractivity contribution in [1.82, 2.24) is 15.1 Å². The first-order valence-corrected chi connectivity index (χ1v) is 10.3. The normalized spacial score (nSPS) is 17.2. The molecule has 29 heavy (non-hydrogen) atoms. The maximum Gasteiger partial charge on any atom is 0.318 e. The molecule has 0 unspecified atom stereocenters. The number of anilines is 1. The van der Waals surface area contributed by atoms with E-state index >= 15 is 0 Å². The molecule has 0 spiro atoms. The first-order valence-electron chi connectivity index (χ1n) is 10.3. The molecule has 0 radical (unpaired) electrons. The second kappa shape index (κ2) is 7.70. The number of nitrogens with zero attached hydrogens (tertiary/aromatic N) is 4. The predicted molar refractivity (Wildman–Crippen MR) is 110 cm³/mol. The van der Waals surface area contributed by atoms with Gasteiger partial charge < -0.3 is 14.2 Å². The highest BCUT2D eigenvalue weighted by Gasteiger charge is 2.31. The lowest BCUT2D eigenvalue weighted by atomic mass is 9.93. The Morgan fingerprint density at radius 1 is 0.897 bits per heavy atom. The van der Waals surface area contributed by atoms with Gasteiger partial charge in [-0.05, 0) is 42.5 Å². The summed E-state index contributed by atoms with van der Waals surface area (Å²) in [6, 6.07) is 18.8. The van der Waals surface area contributed by atoms with Crippen LogP contribution in [-0.4, -0.2) is 40.6 Å². The third-order valence-electron chi connectivity index (χ3n) is 5.99. The van der Waals surface area contributed by atoms with Crippen LogP contribution < -0.4 is 4.90 Å². The minimum absolute atomic E-state index is 0.0769. The van der Waals surface area contributed by atoms with Crippen LogP contribution in [0.3, 0.4) is 0 Å². The predicted octanol–water partition coefficient (Wildman–Crippen LogP) is 3.54. The zero-order valence-corrected chi connectivity index (χ0v) is 16.3. The van der Waals surface area contributed by atoms with Crippen LogP contribution in [0.2, 0.25) is 0 Å². The van der Waals surface area contributed by atoms with Crippen molar-refractivity contribution in [3.05, 3.63) is 65.7 Å². The molecule has 2 aliphatic heterocycles. The van der Waals surface area contributed by atoms with Gasteiger partial charge in [-0.1, -0.05) is 47.6 Å². The molecule has 0 atom stereocenters. The number of carbonyl (C=O) groups excluding carboxylic acids is 1. The van der Waals surface area contributed by atoms with E-state index in [1.807, 2.05) is 35.2 Å². The summed E-state index contributed by atoms with van der Waals surface area (Å²) in [5, 5.41) is 8.39. The maximum absolute atomic E-state index is 13.1. The molecule has 1 amide bonds. The zero-order valence-electron chi connectivity index (χ0n) is 16.3. The highest BCUT2D eigenvalue weighted by atomic mass is 16.4. The largest absolute Gasteiger partial charge is 0.403 e. The van der Waals surface area contributed by atoms with E-state index < -0.39 is 0 Å². The van der Waals surface area contributed by atoms with E-state index in [2.05, 4.69) is 39.4 Å². The molecular formula is C23H24N4O2. The Bertz CT molecular complexity index is 993. The van der Waals surface area contributed by atoms with Gasteiger partial charge in [0.2, 0.25) is 11.8 Å². The molecule has 148 valence electrons. The highest BCUT2D eigenvalue weighted by Crippen LogP contribution is 2.28. The summed E-state index contributed by atoms with van der Waals surface area (Å²) in [6.07, 6.45) is 2.59. The van der Waals surface area contributed by atoms with Crippen LogP contribution in [0, 0.1) is 5.92 Å². The fourth-order valence-electron chi connectivity index (χ4n) is 4.30. The van der Waals surface area contributed by atoms with Crippen molar-refractivity contribution in [3.8, 4) is 11.5 Å². The number of piperidine rings is 1. The van der Waals surface area contributed by atoms with Gasteiger partial charge in [0.1, 0.15) is 0 Å². The highest BCUT2D eigenvalue weighted by molar-refractivity contribution is 5.79. The van der Waals surface area contributed by atoms with Crippen molar-refractivity contribution in [2.75, 3.05) is 24.5 Å². The van der Waals surface area contributed by atoms with Crippen LogP contribution >= 0.6 is 0 Å². The van der Waals surface area contributed by atoms with E-state index in [1.165, 1.54) is 11.1 Å². The van der Waals surface area contributed by atoms with E-state index in [0.717, 1.165) is 51.0 Å². The summed E-state index contributed by atoms with van der Waals surface area (Å²) in [6.45, 7) is 3.08. The lowest BCUT2D eigenvalue weighted by Crippen LogP contribution is -2.44. The number of aromatic nitrogens is 2. The summed E-state index contributed by atoms with van der Waals surface area (Å²) >= 11 is 0. The Morgan fingerprint density at radius 2 is 1.62 bits per heavy atom.